The Morgan fingerprint density at radius 2 is 1.74 bits per heavy atom. The van der Waals surface area contributed by atoms with Gasteiger partial charge in [-0.25, -0.2) is 13.4 Å². The van der Waals surface area contributed by atoms with Crippen LogP contribution in [-0.2, 0) is 10.0 Å². The van der Waals surface area contributed by atoms with Gasteiger partial charge in [-0.15, -0.1) is 11.3 Å². The number of carbonyl (C=O) groups is 1. The molecule has 31 heavy (non-hydrogen) atoms. The molecule has 0 spiro atoms. The van der Waals surface area contributed by atoms with Gasteiger partial charge in [-0.2, -0.15) is 4.31 Å². The molecule has 6 nitrogen and oxygen atoms in total. The Labute approximate surface area is 188 Å². The lowest BCUT2D eigenvalue weighted by Gasteiger charge is -2.20. The fraction of sp³-hybridized carbons (Fsp3) is 0.304. The van der Waals surface area contributed by atoms with Crippen LogP contribution in [0.5, 0.6) is 0 Å². The van der Waals surface area contributed by atoms with Gasteiger partial charge in [-0.05, 0) is 37.6 Å². The molecule has 3 rings (SSSR count). The van der Waals surface area contributed by atoms with E-state index in [-0.39, 0.29) is 10.8 Å². The number of nitrogens with zero attached hydrogens (tertiary/aromatic N) is 2. The number of thiazole rings is 1. The Hall–Kier alpha value is -2.55. The van der Waals surface area contributed by atoms with E-state index in [1.54, 1.807) is 0 Å². The van der Waals surface area contributed by atoms with Crippen LogP contribution >= 0.6 is 11.3 Å². The number of hydrogen-bond acceptors (Lipinski definition) is 5. The van der Waals surface area contributed by atoms with Gasteiger partial charge in [-0.3, -0.25) is 10.1 Å². The minimum atomic E-state index is -3.57. The summed E-state index contributed by atoms with van der Waals surface area (Å²) in [4.78, 5) is 18.4. The maximum atomic E-state index is 12.8. The lowest BCUT2D eigenvalue weighted by molar-refractivity contribution is 0.102. The summed E-state index contributed by atoms with van der Waals surface area (Å²) in [6.45, 7) is 6.73. The number of unbranched alkanes of at least 4 members (excludes halogenated alkanes) is 1. The van der Waals surface area contributed by atoms with Crippen molar-refractivity contribution in [2.45, 2.75) is 38.5 Å². The molecule has 0 saturated carbocycles. The molecule has 0 aliphatic heterocycles. The summed E-state index contributed by atoms with van der Waals surface area (Å²) in [5.41, 5.74) is 2.22. The molecule has 3 aromatic rings. The quantitative estimate of drug-likeness (QED) is 0.480. The van der Waals surface area contributed by atoms with Gasteiger partial charge in [0, 0.05) is 29.1 Å². The van der Waals surface area contributed by atoms with Crippen LogP contribution in [0.3, 0.4) is 0 Å². The zero-order chi connectivity index (χ0) is 22.4. The number of aromatic nitrogens is 1. The fourth-order valence-electron chi connectivity index (χ4n) is 3.19. The van der Waals surface area contributed by atoms with E-state index in [1.807, 2.05) is 51.1 Å². The summed E-state index contributed by atoms with van der Waals surface area (Å²) >= 11 is 1.41. The van der Waals surface area contributed by atoms with Gasteiger partial charge in [-0.1, -0.05) is 50.6 Å². The SMILES string of the molecule is CCCCN(CC)S(=O)(=O)c1ccc(C(=O)Nc2nc(-c3ccccc3)c(C)s2)cc1. The largest absolute Gasteiger partial charge is 0.298 e. The second kappa shape index (κ2) is 10.2. The number of sulfonamides is 1. The second-order valence-electron chi connectivity index (χ2n) is 7.12. The third kappa shape index (κ3) is 5.39. The van der Waals surface area contributed by atoms with E-state index in [2.05, 4.69) is 10.3 Å². The van der Waals surface area contributed by atoms with Gasteiger partial charge in [0.25, 0.3) is 5.91 Å². The molecule has 0 bridgehead atoms. The van der Waals surface area contributed by atoms with Gasteiger partial charge in [0.1, 0.15) is 0 Å². The molecule has 1 amide bonds. The van der Waals surface area contributed by atoms with Gasteiger partial charge < -0.3 is 0 Å². The van der Waals surface area contributed by atoms with E-state index in [1.165, 1.54) is 39.9 Å². The summed E-state index contributed by atoms with van der Waals surface area (Å²) in [7, 11) is -3.57. The van der Waals surface area contributed by atoms with Crippen molar-refractivity contribution < 1.29 is 13.2 Å². The van der Waals surface area contributed by atoms with E-state index in [9.17, 15) is 13.2 Å². The zero-order valence-corrected chi connectivity index (χ0v) is 19.6. The summed E-state index contributed by atoms with van der Waals surface area (Å²) in [6.07, 6.45) is 1.74. The van der Waals surface area contributed by atoms with E-state index >= 15 is 0 Å². The van der Waals surface area contributed by atoms with Crippen LogP contribution in [0.2, 0.25) is 0 Å². The van der Waals surface area contributed by atoms with Gasteiger partial charge in [0.15, 0.2) is 5.13 Å². The zero-order valence-electron chi connectivity index (χ0n) is 18.0. The lowest BCUT2D eigenvalue weighted by Crippen LogP contribution is -2.31. The van der Waals surface area contributed by atoms with Gasteiger partial charge >= 0.3 is 0 Å². The molecule has 1 heterocycles. The van der Waals surface area contributed by atoms with Crippen molar-refractivity contribution in [1.29, 1.82) is 0 Å². The predicted octanol–water partition coefficient (Wildman–Crippen LogP) is 5.18. The molecule has 1 N–H and O–H groups in total. The van der Waals surface area contributed by atoms with E-state index < -0.39 is 10.0 Å². The van der Waals surface area contributed by atoms with Crippen LogP contribution in [0.4, 0.5) is 5.13 Å². The first kappa shape index (κ1) is 23.1. The fourth-order valence-corrected chi connectivity index (χ4v) is 5.51. The number of rotatable bonds is 9. The van der Waals surface area contributed by atoms with Gasteiger partial charge in [0.2, 0.25) is 10.0 Å². The molecule has 0 saturated heterocycles. The number of hydrogen-bond donors (Lipinski definition) is 1. The highest BCUT2D eigenvalue weighted by Crippen LogP contribution is 2.30. The predicted molar refractivity (Wildman–Crippen MR) is 126 cm³/mol. The molecule has 0 unspecified atom stereocenters. The summed E-state index contributed by atoms with van der Waals surface area (Å²) in [5, 5.41) is 3.33. The number of carbonyl (C=O) groups excluding carboxylic acids is 1. The molecule has 0 aliphatic carbocycles. The standard InChI is InChI=1S/C23H27N3O3S2/c1-4-6-16-26(5-2)31(28,29)20-14-12-19(13-15-20)22(27)25-23-24-21(17(3)30-23)18-10-8-7-9-11-18/h7-15H,4-6,16H2,1-3H3,(H,24,25,27). The third-order valence-corrected chi connectivity index (χ3v) is 7.81. The smallest absolute Gasteiger partial charge is 0.257 e. The molecule has 1 aromatic heterocycles. The van der Waals surface area contributed by atoms with Crippen LogP contribution in [0.25, 0.3) is 11.3 Å². The van der Waals surface area contributed by atoms with Crippen LogP contribution in [0, 0.1) is 6.92 Å². The molecule has 0 radical (unpaired) electrons. The van der Waals surface area contributed by atoms with Crippen LogP contribution in [0.15, 0.2) is 59.5 Å². The highest BCUT2D eigenvalue weighted by Gasteiger charge is 2.23. The molecule has 8 heteroatoms. The van der Waals surface area contributed by atoms with E-state index in [0.29, 0.717) is 23.8 Å². The summed E-state index contributed by atoms with van der Waals surface area (Å²) in [5.74, 6) is -0.323. The average Bonchev–Trinajstić information content (AvgIpc) is 3.14. The molecule has 0 fully saturated rings. The average molecular weight is 458 g/mol. The van der Waals surface area contributed by atoms with Crippen molar-refractivity contribution in [2.75, 3.05) is 18.4 Å². The molecular formula is C23H27N3O3S2. The first-order valence-electron chi connectivity index (χ1n) is 10.3. The molecule has 164 valence electrons. The molecule has 2 aromatic carbocycles. The van der Waals surface area contributed by atoms with Crippen molar-refractivity contribution in [3.63, 3.8) is 0 Å². The Morgan fingerprint density at radius 3 is 2.35 bits per heavy atom. The maximum absolute atomic E-state index is 12.8. The van der Waals surface area contributed by atoms with Gasteiger partial charge in [0.05, 0.1) is 10.6 Å². The second-order valence-corrected chi connectivity index (χ2v) is 10.3. The first-order valence-corrected chi connectivity index (χ1v) is 12.6. The molecule has 0 atom stereocenters. The lowest BCUT2D eigenvalue weighted by atomic mass is 10.1. The topological polar surface area (TPSA) is 79.4 Å². The monoisotopic (exact) mass is 457 g/mol. The van der Waals surface area contributed by atoms with Crippen molar-refractivity contribution in [2.24, 2.45) is 0 Å². The summed E-state index contributed by atoms with van der Waals surface area (Å²) in [6, 6.07) is 15.8. The third-order valence-electron chi connectivity index (χ3n) is 4.93. The van der Waals surface area contributed by atoms with Crippen molar-refractivity contribution in [1.82, 2.24) is 9.29 Å². The normalized spacial score (nSPS) is 11.6. The maximum Gasteiger partial charge on any atom is 0.257 e. The Bertz CT molecular complexity index is 1120. The number of anilines is 1. The van der Waals surface area contributed by atoms with Crippen molar-refractivity contribution in [3.8, 4) is 11.3 Å². The molecule has 0 aliphatic rings. The van der Waals surface area contributed by atoms with E-state index in [0.717, 1.165) is 29.0 Å². The minimum Gasteiger partial charge on any atom is -0.298 e. The van der Waals surface area contributed by atoms with Crippen LogP contribution < -0.4 is 5.32 Å². The Balaban J connectivity index is 1.74. The number of benzene rings is 2. The minimum absolute atomic E-state index is 0.193. The van der Waals surface area contributed by atoms with Crippen molar-refractivity contribution in [3.05, 3.63) is 65.0 Å². The van der Waals surface area contributed by atoms with E-state index in [4.69, 9.17) is 0 Å². The van der Waals surface area contributed by atoms with Crippen LogP contribution in [-0.4, -0.2) is 36.7 Å². The Kier molecular flexibility index (Phi) is 7.59. The number of amides is 1. The number of nitrogens with one attached hydrogen (secondary N) is 1. The first-order chi connectivity index (χ1) is 14.9. The highest BCUT2D eigenvalue weighted by molar-refractivity contribution is 7.89. The molecular weight excluding hydrogens is 430 g/mol. The van der Waals surface area contributed by atoms with Crippen molar-refractivity contribution >= 4 is 32.4 Å². The highest BCUT2D eigenvalue weighted by atomic mass is 32.2. The summed E-state index contributed by atoms with van der Waals surface area (Å²) < 4.78 is 27.1. The van der Waals surface area contributed by atoms with Crippen LogP contribution in [0.1, 0.15) is 41.9 Å². The number of aryl methyl sites for hydroxylation is 1. The Morgan fingerprint density at radius 1 is 1.06 bits per heavy atom.